The predicted octanol–water partition coefficient (Wildman–Crippen LogP) is 2.71. The number of nitrogens with zero attached hydrogens (tertiary/aromatic N) is 4. The molecule has 36 heavy (non-hydrogen) atoms. The molecular formula is C24H26N6O5S. The number of hydrogen-bond donors (Lipinski definition) is 2. The third kappa shape index (κ3) is 4.74. The van der Waals surface area contributed by atoms with E-state index in [1.54, 1.807) is 32.3 Å². The second kappa shape index (κ2) is 9.80. The molecule has 1 aliphatic heterocycles. The van der Waals surface area contributed by atoms with Gasteiger partial charge in [-0.1, -0.05) is 19.1 Å². The fourth-order valence-electron chi connectivity index (χ4n) is 4.31. The van der Waals surface area contributed by atoms with Gasteiger partial charge in [-0.3, -0.25) is 32.9 Å². The average Bonchev–Trinajstić information content (AvgIpc) is 3.37. The predicted molar refractivity (Wildman–Crippen MR) is 134 cm³/mol. The van der Waals surface area contributed by atoms with E-state index < -0.39 is 11.4 Å². The molecule has 4 aromatic rings. The highest BCUT2D eigenvalue weighted by atomic mass is 32.2. The average molecular weight is 511 g/mol. The standard InChI is InChI=1S/C24H26N6O5S/c1-14(21-8-9-34-36(33)35-21)13-30-20-7-5-4-6-18(20)27-24(30)28-22(31)16-10-15(2)26-19(11-16)17-12-25-29(3)23(17)32/h4-7,10-12,14,21,25H,8-9,13H2,1-3H3,(H,27,28,31)/t14-,21-,36?/m1/s1. The summed E-state index contributed by atoms with van der Waals surface area (Å²) in [5.41, 5.74) is 3.11. The van der Waals surface area contributed by atoms with Crippen LogP contribution in [0, 0.1) is 12.8 Å². The van der Waals surface area contributed by atoms with Crippen LogP contribution in [0.2, 0.25) is 0 Å². The van der Waals surface area contributed by atoms with Crippen molar-refractivity contribution in [1.82, 2.24) is 24.3 Å². The van der Waals surface area contributed by atoms with Crippen LogP contribution in [0.3, 0.4) is 0 Å². The van der Waals surface area contributed by atoms with Crippen LogP contribution in [0.1, 0.15) is 29.4 Å². The summed E-state index contributed by atoms with van der Waals surface area (Å²) in [6.07, 6.45) is 1.94. The van der Waals surface area contributed by atoms with E-state index in [0.29, 0.717) is 48.0 Å². The molecule has 4 heterocycles. The third-order valence-corrected chi connectivity index (χ3v) is 6.96. The molecule has 1 unspecified atom stereocenters. The first-order valence-corrected chi connectivity index (χ1v) is 12.5. The Kier molecular flexibility index (Phi) is 6.56. The van der Waals surface area contributed by atoms with Crippen molar-refractivity contribution in [3.05, 3.63) is 64.2 Å². The number of aromatic nitrogens is 5. The minimum atomic E-state index is -1.75. The number of pyridine rings is 1. The molecule has 1 aliphatic rings. The van der Waals surface area contributed by atoms with Crippen LogP contribution in [0.5, 0.6) is 0 Å². The summed E-state index contributed by atoms with van der Waals surface area (Å²) in [6, 6.07) is 10.9. The van der Waals surface area contributed by atoms with Crippen LogP contribution < -0.4 is 10.9 Å². The smallest absolute Gasteiger partial charge is 0.304 e. The molecule has 12 heteroatoms. The Hall–Kier alpha value is -3.61. The monoisotopic (exact) mass is 510 g/mol. The van der Waals surface area contributed by atoms with Gasteiger partial charge in [0.2, 0.25) is 5.95 Å². The Labute approximate surface area is 209 Å². The zero-order chi connectivity index (χ0) is 25.4. The molecule has 3 atom stereocenters. The van der Waals surface area contributed by atoms with E-state index in [1.165, 1.54) is 4.68 Å². The first kappa shape index (κ1) is 24.1. The van der Waals surface area contributed by atoms with E-state index in [9.17, 15) is 13.8 Å². The van der Waals surface area contributed by atoms with Gasteiger partial charge in [-0.15, -0.1) is 0 Å². The Morgan fingerprint density at radius 3 is 2.86 bits per heavy atom. The van der Waals surface area contributed by atoms with E-state index in [0.717, 1.165) is 11.0 Å². The summed E-state index contributed by atoms with van der Waals surface area (Å²) in [5, 5.41) is 5.75. The minimum absolute atomic E-state index is 0.0225. The molecule has 1 amide bonds. The lowest BCUT2D eigenvalue weighted by Crippen LogP contribution is -2.32. The van der Waals surface area contributed by atoms with Crippen molar-refractivity contribution in [1.29, 1.82) is 0 Å². The number of rotatable bonds is 6. The van der Waals surface area contributed by atoms with Gasteiger partial charge >= 0.3 is 11.4 Å². The number of carbonyl (C=O) groups is 1. The third-order valence-electron chi connectivity index (χ3n) is 6.20. The van der Waals surface area contributed by atoms with Gasteiger partial charge in [-0.2, -0.15) is 4.21 Å². The number of aromatic amines is 1. The molecule has 0 spiro atoms. The van der Waals surface area contributed by atoms with Crippen LogP contribution >= 0.6 is 0 Å². The van der Waals surface area contributed by atoms with Crippen molar-refractivity contribution in [2.45, 2.75) is 32.9 Å². The van der Waals surface area contributed by atoms with Crippen molar-refractivity contribution in [3.63, 3.8) is 0 Å². The van der Waals surface area contributed by atoms with Gasteiger partial charge < -0.3 is 9.67 Å². The van der Waals surface area contributed by atoms with E-state index in [2.05, 4.69) is 20.4 Å². The number of H-pyrrole nitrogens is 1. The van der Waals surface area contributed by atoms with E-state index in [1.807, 2.05) is 35.8 Å². The number of imidazole rings is 1. The number of benzene rings is 1. The molecule has 1 aromatic carbocycles. The number of fused-ring (bicyclic) bond motifs is 1. The molecule has 3 aromatic heterocycles. The summed E-state index contributed by atoms with van der Waals surface area (Å²) >= 11 is -1.75. The topological polar surface area (TPSA) is 133 Å². The normalized spacial score (nSPS) is 18.9. The Bertz CT molecular complexity index is 1520. The van der Waals surface area contributed by atoms with Crippen LogP contribution in [0.4, 0.5) is 5.95 Å². The van der Waals surface area contributed by atoms with Gasteiger partial charge in [0, 0.05) is 43.4 Å². The summed E-state index contributed by atoms with van der Waals surface area (Å²) in [4.78, 5) is 34.8. The van der Waals surface area contributed by atoms with E-state index in [4.69, 9.17) is 8.37 Å². The first-order chi connectivity index (χ1) is 17.3. The fraction of sp³-hybridized carbons (Fsp3) is 0.333. The molecule has 188 valence electrons. The maximum absolute atomic E-state index is 13.3. The summed E-state index contributed by atoms with van der Waals surface area (Å²) < 4.78 is 25.4. The highest BCUT2D eigenvalue weighted by Gasteiger charge is 2.27. The first-order valence-electron chi connectivity index (χ1n) is 11.5. The van der Waals surface area contributed by atoms with Crippen LogP contribution in [0.15, 0.2) is 47.4 Å². The molecule has 0 aliphatic carbocycles. The van der Waals surface area contributed by atoms with E-state index >= 15 is 0 Å². The lowest BCUT2D eigenvalue weighted by molar-refractivity contribution is 0.0690. The SMILES string of the molecule is Cc1cc(C(=O)Nc2nc3ccccc3n2C[C@@H](C)[C@H]2CCOS(=O)O2)cc(-c2c[nH]n(C)c2=O)n1. The fourth-order valence-corrected chi connectivity index (χ4v) is 5.08. The molecule has 11 nitrogen and oxygen atoms in total. The zero-order valence-corrected chi connectivity index (χ0v) is 20.9. The summed E-state index contributed by atoms with van der Waals surface area (Å²) in [6.45, 7) is 4.62. The number of amides is 1. The van der Waals surface area contributed by atoms with Gasteiger partial charge in [0.1, 0.15) is 0 Å². The molecule has 0 bridgehead atoms. The second-order valence-corrected chi connectivity index (χ2v) is 9.69. The number of aryl methyl sites for hydroxylation is 2. The van der Waals surface area contributed by atoms with Crippen LogP contribution in [-0.4, -0.2) is 47.1 Å². The highest BCUT2D eigenvalue weighted by molar-refractivity contribution is 7.75. The van der Waals surface area contributed by atoms with Crippen molar-refractivity contribution < 1.29 is 17.4 Å². The van der Waals surface area contributed by atoms with E-state index in [-0.39, 0.29) is 23.5 Å². The minimum Gasteiger partial charge on any atom is -0.310 e. The van der Waals surface area contributed by atoms with Gasteiger partial charge in [-0.25, -0.2) is 4.98 Å². The molecule has 0 saturated carbocycles. The number of para-hydroxylation sites is 2. The summed E-state index contributed by atoms with van der Waals surface area (Å²) in [7, 11) is 1.61. The number of carbonyl (C=O) groups excluding carboxylic acids is 1. The Morgan fingerprint density at radius 2 is 2.11 bits per heavy atom. The highest BCUT2D eigenvalue weighted by Crippen LogP contribution is 2.26. The van der Waals surface area contributed by atoms with Gasteiger partial charge in [0.05, 0.1) is 35.0 Å². The molecule has 2 N–H and O–H groups in total. The van der Waals surface area contributed by atoms with Crippen molar-refractivity contribution in [2.24, 2.45) is 13.0 Å². The number of anilines is 1. The Morgan fingerprint density at radius 1 is 1.31 bits per heavy atom. The van der Waals surface area contributed by atoms with Gasteiger partial charge in [0.25, 0.3) is 11.5 Å². The van der Waals surface area contributed by atoms with Crippen molar-refractivity contribution >= 4 is 34.3 Å². The number of nitrogens with one attached hydrogen (secondary N) is 2. The van der Waals surface area contributed by atoms with Crippen LogP contribution in [-0.2, 0) is 33.3 Å². The maximum Gasteiger partial charge on any atom is 0.304 e. The zero-order valence-electron chi connectivity index (χ0n) is 20.1. The molecule has 1 saturated heterocycles. The van der Waals surface area contributed by atoms with Crippen molar-refractivity contribution in [3.8, 4) is 11.3 Å². The number of hydrogen-bond acceptors (Lipinski definition) is 7. The molecule has 5 rings (SSSR count). The van der Waals surface area contributed by atoms with Gasteiger partial charge in [0.15, 0.2) is 0 Å². The largest absolute Gasteiger partial charge is 0.310 e. The lowest BCUT2D eigenvalue weighted by atomic mass is 10.0. The molecule has 1 fully saturated rings. The maximum atomic E-state index is 13.3. The molecule has 0 radical (unpaired) electrons. The lowest BCUT2D eigenvalue weighted by Gasteiger charge is -2.27. The molecular weight excluding hydrogens is 484 g/mol. The second-order valence-electron chi connectivity index (χ2n) is 8.85. The summed E-state index contributed by atoms with van der Waals surface area (Å²) in [5.74, 6) is -0.0118. The van der Waals surface area contributed by atoms with Crippen LogP contribution in [0.25, 0.3) is 22.3 Å². The Balaban J connectivity index is 1.45. The quantitative estimate of drug-likeness (QED) is 0.407. The van der Waals surface area contributed by atoms with Gasteiger partial charge in [-0.05, 0) is 31.2 Å². The van der Waals surface area contributed by atoms with Crippen molar-refractivity contribution in [2.75, 3.05) is 11.9 Å².